The average Bonchev–Trinajstić information content (AvgIpc) is 3.07. The molecule has 0 heterocycles. The highest BCUT2D eigenvalue weighted by Gasteiger charge is 2.17. The summed E-state index contributed by atoms with van der Waals surface area (Å²) in [5.74, 6) is 0. The van der Waals surface area contributed by atoms with Crippen LogP contribution in [0, 0.1) is 0 Å². The number of hydrogen-bond donors (Lipinski definition) is 0. The second-order valence-corrected chi connectivity index (χ2v) is 14.7. The quantitative estimate of drug-likeness (QED) is 0.113. The Labute approximate surface area is 252 Å². The maximum Gasteiger partial charge on any atom is 0.00134 e. The summed E-state index contributed by atoms with van der Waals surface area (Å²) >= 11 is 0. The van der Waals surface area contributed by atoms with Crippen LogP contribution in [0.2, 0.25) is 0 Å². The lowest BCUT2D eigenvalue weighted by Crippen LogP contribution is -2.13. The molecule has 204 valence electrons. The highest BCUT2D eigenvalue weighted by atomic mass is 31.1. The van der Waals surface area contributed by atoms with Gasteiger partial charge in [-0.25, -0.2) is 0 Å². The summed E-state index contributed by atoms with van der Waals surface area (Å²) < 4.78 is 0. The Bertz CT molecular complexity index is 1500. The van der Waals surface area contributed by atoms with Crippen LogP contribution in [0.4, 0.5) is 0 Å². The van der Waals surface area contributed by atoms with E-state index in [2.05, 4.69) is 182 Å². The molecule has 0 fully saturated rings. The van der Waals surface area contributed by atoms with E-state index in [-0.39, 0.29) is 0 Å². The van der Waals surface area contributed by atoms with Gasteiger partial charge in [-0.3, -0.25) is 0 Å². The Balaban J connectivity index is 1.30. The Morgan fingerprint density at radius 1 is 0.310 bits per heavy atom. The van der Waals surface area contributed by atoms with Crippen LogP contribution in [0.5, 0.6) is 0 Å². The van der Waals surface area contributed by atoms with Crippen LogP contribution in [0.25, 0.3) is 12.2 Å². The number of benzene rings is 6. The zero-order valence-corrected chi connectivity index (χ0v) is 25.4. The minimum absolute atomic E-state index is 0.509. The largest absolute Gasteiger partial charge is 0.0622 e. The molecule has 6 rings (SSSR count). The second-order valence-electron chi connectivity index (χ2n) is 10.2. The van der Waals surface area contributed by atoms with Crippen molar-refractivity contribution >= 4 is 49.2 Å². The first-order valence-electron chi connectivity index (χ1n) is 14.4. The maximum absolute atomic E-state index is 2.32. The van der Waals surface area contributed by atoms with Crippen molar-refractivity contribution < 1.29 is 0 Å². The van der Waals surface area contributed by atoms with Gasteiger partial charge in [-0.1, -0.05) is 182 Å². The van der Waals surface area contributed by atoms with Crippen LogP contribution >= 0.6 is 15.8 Å². The Morgan fingerprint density at radius 2 is 0.571 bits per heavy atom. The predicted molar refractivity (Wildman–Crippen MR) is 187 cm³/mol. The fourth-order valence-electron chi connectivity index (χ4n) is 5.30. The van der Waals surface area contributed by atoms with E-state index in [4.69, 9.17) is 0 Å². The molecule has 0 aliphatic rings. The minimum atomic E-state index is -0.509. The Hall–Kier alpha value is -4.08. The molecular weight excluding hydrogens is 542 g/mol. The zero-order valence-electron chi connectivity index (χ0n) is 23.6. The molecule has 0 unspecified atom stereocenters. The van der Waals surface area contributed by atoms with Crippen molar-refractivity contribution in [1.29, 1.82) is 0 Å². The molecule has 6 aromatic carbocycles. The van der Waals surface area contributed by atoms with E-state index in [9.17, 15) is 0 Å². The van der Waals surface area contributed by atoms with Crippen LogP contribution in [0.15, 0.2) is 170 Å². The van der Waals surface area contributed by atoms with Gasteiger partial charge >= 0.3 is 0 Å². The average molecular weight is 577 g/mol. The molecule has 2 heteroatoms. The van der Waals surface area contributed by atoms with Gasteiger partial charge in [0.2, 0.25) is 0 Å². The third kappa shape index (κ3) is 7.03. The number of rotatable bonds is 10. The summed E-state index contributed by atoms with van der Waals surface area (Å²) in [5.41, 5.74) is 5.36. The summed E-state index contributed by atoms with van der Waals surface area (Å²) in [4.78, 5) is 0. The Morgan fingerprint density at radius 3 is 0.881 bits per heavy atom. The van der Waals surface area contributed by atoms with E-state index >= 15 is 0 Å². The molecule has 0 nitrogen and oxygen atoms in total. The second kappa shape index (κ2) is 14.2. The van der Waals surface area contributed by atoms with Crippen LogP contribution in [-0.4, -0.2) is 0 Å². The van der Waals surface area contributed by atoms with Crippen molar-refractivity contribution in [2.45, 2.75) is 12.3 Å². The lowest BCUT2D eigenvalue weighted by molar-refractivity contribution is 1.37. The van der Waals surface area contributed by atoms with Crippen molar-refractivity contribution in [3.8, 4) is 0 Å². The van der Waals surface area contributed by atoms with Gasteiger partial charge < -0.3 is 0 Å². The standard InChI is InChI=1S/C40H34P2/c1-5-21-37(22-6-1)41(38-23-7-2-8-24-38)31-35-19-15-13-17-33(35)29-30-34-18-14-16-20-36(34)32-42(39-25-9-3-10-26-39)40-27-11-4-12-28-40/h1-30H,31-32H2/b30-29+. The smallest absolute Gasteiger partial charge is 0.00134 e. The fraction of sp³-hybridized carbons (Fsp3) is 0.0500. The summed E-state index contributed by atoms with van der Waals surface area (Å²) in [6.45, 7) is 0. The van der Waals surface area contributed by atoms with Gasteiger partial charge in [-0.15, -0.1) is 0 Å². The van der Waals surface area contributed by atoms with Crippen molar-refractivity contribution in [3.63, 3.8) is 0 Å². The summed E-state index contributed by atoms with van der Waals surface area (Å²) in [5, 5.41) is 5.66. The van der Waals surface area contributed by atoms with Gasteiger partial charge in [0.15, 0.2) is 0 Å². The molecule has 0 amide bonds. The first-order chi connectivity index (χ1) is 20.8. The predicted octanol–water partition coefficient (Wildman–Crippen LogP) is 9.12. The summed E-state index contributed by atoms with van der Waals surface area (Å²) in [6, 6.07) is 61.8. The van der Waals surface area contributed by atoms with Gasteiger partial charge in [0.25, 0.3) is 0 Å². The highest BCUT2D eigenvalue weighted by molar-refractivity contribution is 7.72. The van der Waals surface area contributed by atoms with Crippen LogP contribution in [0.1, 0.15) is 22.3 Å². The van der Waals surface area contributed by atoms with E-state index in [1.54, 1.807) is 0 Å². The van der Waals surface area contributed by atoms with Gasteiger partial charge in [0.1, 0.15) is 0 Å². The molecule has 6 aromatic rings. The van der Waals surface area contributed by atoms with Crippen molar-refractivity contribution in [2.75, 3.05) is 0 Å². The molecule has 0 spiro atoms. The number of hydrogen-bond acceptors (Lipinski definition) is 0. The van der Waals surface area contributed by atoms with E-state index in [1.807, 2.05) is 0 Å². The lowest BCUT2D eigenvalue weighted by Gasteiger charge is -2.20. The van der Waals surface area contributed by atoms with Crippen LogP contribution < -0.4 is 21.2 Å². The van der Waals surface area contributed by atoms with Gasteiger partial charge in [0.05, 0.1) is 0 Å². The molecule has 0 aliphatic heterocycles. The lowest BCUT2D eigenvalue weighted by atomic mass is 10.0. The van der Waals surface area contributed by atoms with E-state index in [0.717, 1.165) is 12.3 Å². The molecule has 0 atom stereocenters. The zero-order chi connectivity index (χ0) is 28.4. The monoisotopic (exact) mass is 576 g/mol. The van der Waals surface area contributed by atoms with Gasteiger partial charge in [-0.2, -0.15) is 0 Å². The fourth-order valence-corrected chi connectivity index (χ4v) is 10.0. The van der Waals surface area contributed by atoms with Crippen molar-refractivity contribution in [3.05, 3.63) is 192 Å². The molecular formula is C40H34P2. The van der Waals surface area contributed by atoms with Crippen molar-refractivity contribution in [1.82, 2.24) is 0 Å². The molecule has 0 aliphatic carbocycles. The molecule has 0 radical (unpaired) electrons. The first-order valence-corrected chi connectivity index (χ1v) is 17.5. The van der Waals surface area contributed by atoms with E-state index in [1.165, 1.54) is 43.5 Å². The topological polar surface area (TPSA) is 0 Å². The maximum atomic E-state index is 2.32. The molecule has 0 aromatic heterocycles. The molecule has 0 N–H and O–H groups in total. The van der Waals surface area contributed by atoms with Gasteiger partial charge in [0, 0.05) is 12.3 Å². The Kier molecular flexibility index (Phi) is 9.49. The van der Waals surface area contributed by atoms with E-state index < -0.39 is 15.8 Å². The third-order valence-electron chi connectivity index (χ3n) is 7.48. The normalized spacial score (nSPS) is 11.4. The molecule has 42 heavy (non-hydrogen) atoms. The van der Waals surface area contributed by atoms with E-state index in [0.29, 0.717) is 0 Å². The summed E-state index contributed by atoms with van der Waals surface area (Å²) in [7, 11) is -1.02. The van der Waals surface area contributed by atoms with Gasteiger partial charge in [-0.05, 0) is 59.3 Å². The molecule has 0 saturated carbocycles. The summed E-state index contributed by atoms with van der Waals surface area (Å²) in [6.07, 6.45) is 6.67. The SMILES string of the molecule is C(=C\c1ccccc1CP(c1ccccc1)c1ccccc1)/c1ccccc1CP(c1ccccc1)c1ccccc1. The first kappa shape index (κ1) is 28.1. The third-order valence-corrected chi connectivity index (χ3v) is 12.5. The molecule has 0 bridgehead atoms. The van der Waals surface area contributed by atoms with Crippen LogP contribution in [-0.2, 0) is 12.3 Å². The minimum Gasteiger partial charge on any atom is -0.0622 e. The molecule has 0 saturated heterocycles. The highest BCUT2D eigenvalue weighted by Crippen LogP contribution is 2.40. The van der Waals surface area contributed by atoms with Crippen molar-refractivity contribution in [2.24, 2.45) is 0 Å². The van der Waals surface area contributed by atoms with Crippen LogP contribution in [0.3, 0.4) is 0 Å².